The molecule has 3 aromatic rings. The Kier molecular flexibility index (Phi) is 4.53. The van der Waals surface area contributed by atoms with Crippen LogP contribution < -0.4 is 5.76 Å². The third-order valence-electron chi connectivity index (χ3n) is 4.81. The van der Waals surface area contributed by atoms with Crippen molar-refractivity contribution < 1.29 is 18.4 Å². The molecule has 1 aliphatic rings. The molecular formula is C19H19N3O5. The van der Waals surface area contributed by atoms with Crippen LogP contribution >= 0.6 is 0 Å². The number of oxazole rings is 1. The summed E-state index contributed by atoms with van der Waals surface area (Å²) in [5.41, 5.74) is 1.72. The van der Waals surface area contributed by atoms with Crippen molar-refractivity contribution in [2.45, 2.75) is 13.0 Å². The monoisotopic (exact) mass is 369 g/mol. The number of hydrogen-bond acceptors (Lipinski definition) is 5. The Morgan fingerprint density at radius 1 is 1.00 bits per heavy atom. The fraction of sp³-hybridized carbons (Fsp3) is 0.316. The second-order valence-corrected chi connectivity index (χ2v) is 6.42. The lowest BCUT2D eigenvalue weighted by molar-refractivity contribution is -0.132. The molecule has 0 N–H and O–H groups in total. The summed E-state index contributed by atoms with van der Waals surface area (Å²) in [5, 5.41) is 0. The van der Waals surface area contributed by atoms with Crippen molar-refractivity contribution in [1.29, 1.82) is 0 Å². The van der Waals surface area contributed by atoms with E-state index in [0.29, 0.717) is 42.8 Å². The van der Waals surface area contributed by atoms with E-state index in [-0.39, 0.29) is 24.8 Å². The van der Waals surface area contributed by atoms with Gasteiger partial charge in [0, 0.05) is 39.1 Å². The van der Waals surface area contributed by atoms with Crippen molar-refractivity contribution in [3.05, 3.63) is 59.0 Å². The average molecular weight is 369 g/mol. The topological polar surface area (TPSA) is 88.9 Å². The Bertz CT molecular complexity index is 1010. The SMILES string of the molecule is O=C(CCn1c(=O)oc2ccccc21)N1CCN(C(=O)c2ccoc2)CC1. The first-order valence-corrected chi connectivity index (χ1v) is 8.81. The lowest BCUT2D eigenvalue weighted by Crippen LogP contribution is -2.50. The summed E-state index contributed by atoms with van der Waals surface area (Å²) in [6.07, 6.45) is 3.10. The first-order chi connectivity index (χ1) is 13.1. The number of fused-ring (bicyclic) bond motifs is 1. The summed E-state index contributed by atoms with van der Waals surface area (Å²) in [4.78, 5) is 40.2. The number of amides is 2. The lowest BCUT2D eigenvalue weighted by Gasteiger charge is -2.34. The number of piperazine rings is 1. The van der Waals surface area contributed by atoms with Crippen molar-refractivity contribution >= 4 is 22.9 Å². The van der Waals surface area contributed by atoms with Gasteiger partial charge in [0.25, 0.3) is 5.91 Å². The summed E-state index contributed by atoms with van der Waals surface area (Å²) in [5.74, 6) is -0.589. The van der Waals surface area contributed by atoms with Crippen LogP contribution in [0.5, 0.6) is 0 Å². The predicted molar refractivity (Wildman–Crippen MR) is 96.3 cm³/mol. The number of aromatic nitrogens is 1. The minimum atomic E-state index is -0.459. The number of aryl methyl sites for hydroxylation is 1. The smallest absolute Gasteiger partial charge is 0.419 e. The number of hydrogen-bond donors (Lipinski definition) is 0. The lowest BCUT2D eigenvalue weighted by atomic mass is 10.2. The van der Waals surface area contributed by atoms with Gasteiger partial charge in [-0.1, -0.05) is 12.1 Å². The maximum atomic E-state index is 12.5. The van der Waals surface area contributed by atoms with Crippen molar-refractivity contribution in [2.24, 2.45) is 0 Å². The van der Waals surface area contributed by atoms with Crippen molar-refractivity contribution in [3.8, 4) is 0 Å². The van der Waals surface area contributed by atoms with Gasteiger partial charge in [-0.2, -0.15) is 0 Å². The second kappa shape index (κ2) is 7.14. The molecular weight excluding hydrogens is 350 g/mol. The number of carbonyl (C=O) groups is 2. The van der Waals surface area contributed by atoms with E-state index in [1.54, 1.807) is 34.1 Å². The number of carbonyl (C=O) groups excluding carboxylic acids is 2. The molecule has 0 atom stereocenters. The molecule has 140 valence electrons. The fourth-order valence-electron chi connectivity index (χ4n) is 3.32. The minimum Gasteiger partial charge on any atom is -0.472 e. The van der Waals surface area contributed by atoms with Crippen LogP contribution in [0.15, 0.2) is 56.5 Å². The summed E-state index contributed by atoms with van der Waals surface area (Å²) >= 11 is 0. The van der Waals surface area contributed by atoms with Crippen LogP contribution in [0.25, 0.3) is 11.1 Å². The Hall–Kier alpha value is -3.29. The predicted octanol–water partition coefficient (Wildman–Crippen LogP) is 1.56. The minimum absolute atomic E-state index is 0.0393. The molecule has 1 aliphatic heterocycles. The molecule has 0 bridgehead atoms. The van der Waals surface area contributed by atoms with Crippen molar-refractivity contribution in [1.82, 2.24) is 14.4 Å². The van der Waals surface area contributed by atoms with Gasteiger partial charge in [-0.25, -0.2) is 4.79 Å². The third-order valence-corrected chi connectivity index (χ3v) is 4.81. The molecule has 0 spiro atoms. The summed E-state index contributed by atoms with van der Waals surface area (Å²) in [7, 11) is 0. The Morgan fingerprint density at radius 2 is 1.74 bits per heavy atom. The molecule has 27 heavy (non-hydrogen) atoms. The largest absolute Gasteiger partial charge is 0.472 e. The van der Waals surface area contributed by atoms with Crippen LogP contribution in [0, 0.1) is 0 Å². The maximum absolute atomic E-state index is 12.5. The van der Waals surface area contributed by atoms with Gasteiger partial charge >= 0.3 is 5.76 Å². The van der Waals surface area contributed by atoms with Crippen LogP contribution in [-0.4, -0.2) is 52.4 Å². The van der Waals surface area contributed by atoms with Gasteiger partial charge in [0.05, 0.1) is 17.3 Å². The van der Waals surface area contributed by atoms with E-state index >= 15 is 0 Å². The quantitative estimate of drug-likeness (QED) is 0.696. The van der Waals surface area contributed by atoms with Gasteiger partial charge in [0.2, 0.25) is 5.91 Å². The molecule has 1 fully saturated rings. The van der Waals surface area contributed by atoms with Gasteiger partial charge in [0.15, 0.2) is 5.58 Å². The van der Waals surface area contributed by atoms with Crippen LogP contribution in [-0.2, 0) is 11.3 Å². The molecule has 1 saturated heterocycles. The highest BCUT2D eigenvalue weighted by atomic mass is 16.4. The molecule has 4 rings (SSSR count). The van der Waals surface area contributed by atoms with Gasteiger partial charge in [-0.05, 0) is 18.2 Å². The molecule has 1 aromatic carbocycles. The van der Waals surface area contributed by atoms with Gasteiger partial charge in [-0.3, -0.25) is 14.2 Å². The zero-order valence-electron chi connectivity index (χ0n) is 14.7. The molecule has 3 heterocycles. The number of furan rings is 1. The van der Waals surface area contributed by atoms with E-state index < -0.39 is 5.76 Å². The van der Waals surface area contributed by atoms with Crippen LogP contribution in [0.2, 0.25) is 0 Å². The molecule has 2 amide bonds. The maximum Gasteiger partial charge on any atom is 0.419 e. The first-order valence-electron chi connectivity index (χ1n) is 8.81. The third kappa shape index (κ3) is 3.38. The zero-order chi connectivity index (χ0) is 18.8. The van der Waals surface area contributed by atoms with E-state index in [0.717, 1.165) is 0 Å². The highest BCUT2D eigenvalue weighted by molar-refractivity contribution is 5.94. The molecule has 2 aromatic heterocycles. The summed E-state index contributed by atoms with van der Waals surface area (Å²) in [6.45, 7) is 2.17. The highest BCUT2D eigenvalue weighted by Crippen LogP contribution is 2.13. The second-order valence-electron chi connectivity index (χ2n) is 6.42. The number of rotatable bonds is 4. The van der Waals surface area contributed by atoms with Gasteiger partial charge in [-0.15, -0.1) is 0 Å². The number of para-hydroxylation sites is 2. The van der Waals surface area contributed by atoms with Crippen LogP contribution in [0.3, 0.4) is 0 Å². The van der Waals surface area contributed by atoms with Gasteiger partial charge < -0.3 is 18.6 Å². The van der Waals surface area contributed by atoms with E-state index in [9.17, 15) is 14.4 Å². The van der Waals surface area contributed by atoms with Crippen LogP contribution in [0.4, 0.5) is 0 Å². The number of nitrogens with zero attached hydrogens (tertiary/aromatic N) is 3. The molecule has 0 saturated carbocycles. The Labute approximate surface area is 154 Å². The first kappa shape index (κ1) is 17.1. The van der Waals surface area contributed by atoms with E-state index in [4.69, 9.17) is 8.83 Å². The Morgan fingerprint density at radius 3 is 2.48 bits per heavy atom. The summed E-state index contributed by atoms with van der Waals surface area (Å²) in [6, 6.07) is 8.78. The normalized spacial score (nSPS) is 14.7. The van der Waals surface area contributed by atoms with Crippen molar-refractivity contribution in [2.75, 3.05) is 26.2 Å². The highest BCUT2D eigenvalue weighted by Gasteiger charge is 2.25. The van der Waals surface area contributed by atoms with Gasteiger partial charge in [0.1, 0.15) is 6.26 Å². The van der Waals surface area contributed by atoms with E-state index in [2.05, 4.69) is 0 Å². The molecule has 0 aliphatic carbocycles. The fourth-order valence-corrected chi connectivity index (χ4v) is 3.32. The molecule has 0 radical (unpaired) electrons. The number of benzene rings is 1. The molecule has 8 nitrogen and oxygen atoms in total. The average Bonchev–Trinajstić information content (AvgIpc) is 3.33. The van der Waals surface area contributed by atoms with E-state index in [1.165, 1.54) is 17.1 Å². The summed E-state index contributed by atoms with van der Waals surface area (Å²) < 4.78 is 11.6. The van der Waals surface area contributed by atoms with E-state index in [1.807, 2.05) is 6.07 Å². The molecule has 8 heteroatoms. The van der Waals surface area contributed by atoms with Crippen molar-refractivity contribution in [3.63, 3.8) is 0 Å². The molecule has 0 unspecified atom stereocenters. The Balaban J connectivity index is 1.34. The van der Waals surface area contributed by atoms with Crippen LogP contribution in [0.1, 0.15) is 16.8 Å². The standard InChI is InChI=1S/C19H19N3O5/c23-17(5-7-22-15-3-1-2-4-16(15)27-19(22)25)20-8-10-21(11-9-20)18(24)14-6-12-26-13-14/h1-4,6,12-13H,5,7-11H2. The zero-order valence-corrected chi connectivity index (χ0v) is 14.7.